The minimum Gasteiger partial charge on any atom is -0.311 e. The smallest absolute Gasteiger partial charge is 0.214 e. The maximum Gasteiger partial charge on any atom is 0.214 e. The Balaban J connectivity index is 2.79. The molecule has 96 valence electrons. The van der Waals surface area contributed by atoms with Gasteiger partial charge in [-0.3, -0.25) is 0 Å². The topological polar surface area (TPSA) is 49.4 Å². The second-order valence-electron chi connectivity index (χ2n) is 4.46. The number of sulfonamides is 1. The van der Waals surface area contributed by atoms with E-state index >= 15 is 0 Å². The summed E-state index contributed by atoms with van der Waals surface area (Å²) in [6, 6.07) is 0.453. The second kappa shape index (κ2) is 5.98. The summed E-state index contributed by atoms with van der Waals surface area (Å²) in [6.45, 7) is 7.48. The highest BCUT2D eigenvalue weighted by Crippen LogP contribution is 2.17. The summed E-state index contributed by atoms with van der Waals surface area (Å²) in [5, 5.41) is 3.41. The average Bonchev–Trinajstić information content (AvgIpc) is 2.28. The highest BCUT2D eigenvalue weighted by atomic mass is 32.2. The van der Waals surface area contributed by atoms with E-state index in [0.717, 1.165) is 19.4 Å². The van der Waals surface area contributed by atoms with E-state index in [1.165, 1.54) is 0 Å². The Bertz CT molecular complexity index is 303. The molecule has 0 aromatic heterocycles. The molecule has 1 heterocycles. The molecule has 0 aromatic carbocycles. The van der Waals surface area contributed by atoms with Crippen LogP contribution in [0.3, 0.4) is 0 Å². The van der Waals surface area contributed by atoms with Gasteiger partial charge in [-0.05, 0) is 19.3 Å². The van der Waals surface area contributed by atoms with Crippen molar-refractivity contribution >= 4 is 10.0 Å². The fourth-order valence-corrected chi connectivity index (χ4v) is 4.01. The standard InChI is InChI=1S/C11H24N2O2S/c1-4-7-16(14,15)13-9-10(5-2)12-8-11(13)6-3/h10-12H,4-9H2,1-3H3. The van der Waals surface area contributed by atoms with E-state index in [-0.39, 0.29) is 11.8 Å². The maximum atomic E-state index is 12.1. The molecule has 0 amide bonds. The van der Waals surface area contributed by atoms with E-state index in [1.54, 1.807) is 4.31 Å². The van der Waals surface area contributed by atoms with Gasteiger partial charge in [-0.25, -0.2) is 8.42 Å². The summed E-state index contributed by atoms with van der Waals surface area (Å²) in [5.41, 5.74) is 0. The van der Waals surface area contributed by atoms with Crippen LogP contribution >= 0.6 is 0 Å². The van der Waals surface area contributed by atoms with Crippen LogP contribution in [0.15, 0.2) is 0 Å². The monoisotopic (exact) mass is 248 g/mol. The quantitative estimate of drug-likeness (QED) is 0.795. The lowest BCUT2D eigenvalue weighted by atomic mass is 10.1. The molecule has 0 saturated carbocycles. The fourth-order valence-electron chi connectivity index (χ4n) is 2.17. The third-order valence-corrected chi connectivity index (χ3v) is 5.32. The van der Waals surface area contributed by atoms with Crippen molar-refractivity contribution in [3.63, 3.8) is 0 Å². The van der Waals surface area contributed by atoms with Gasteiger partial charge in [-0.1, -0.05) is 20.8 Å². The molecule has 2 atom stereocenters. The zero-order valence-corrected chi connectivity index (χ0v) is 11.4. The van der Waals surface area contributed by atoms with Crippen molar-refractivity contribution in [3.05, 3.63) is 0 Å². The first-order valence-electron chi connectivity index (χ1n) is 6.28. The van der Waals surface area contributed by atoms with E-state index in [1.807, 2.05) is 13.8 Å². The second-order valence-corrected chi connectivity index (χ2v) is 6.50. The first kappa shape index (κ1) is 13.9. The summed E-state index contributed by atoms with van der Waals surface area (Å²) in [4.78, 5) is 0. The molecule has 1 fully saturated rings. The number of piperazine rings is 1. The molecule has 1 aliphatic rings. The minimum atomic E-state index is -3.04. The molecule has 1 saturated heterocycles. The Morgan fingerprint density at radius 2 is 1.94 bits per heavy atom. The van der Waals surface area contributed by atoms with E-state index < -0.39 is 10.0 Å². The minimum absolute atomic E-state index is 0.138. The maximum absolute atomic E-state index is 12.1. The summed E-state index contributed by atoms with van der Waals surface area (Å²) in [5.74, 6) is 0.278. The molecule has 0 spiro atoms. The van der Waals surface area contributed by atoms with Crippen LogP contribution in [0.25, 0.3) is 0 Å². The molecule has 5 heteroatoms. The summed E-state index contributed by atoms with van der Waals surface area (Å²) in [7, 11) is -3.04. The number of hydrogen-bond donors (Lipinski definition) is 1. The first-order valence-corrected chi connectivity index (χ1v) is 7.88. The van der Waals surface area contributed by atoms with Crippen LogP contribution in [0.5, 0.6) is 0 Å². The van der Waals surface area contributed by atoms with E-state index in [9.17, 15) is 8.42 Å². The van der Waals surface area contributed by atoms with Crippen LogP contribution in [0, 0.1) is 0 Å². The average molecular weight is 248 g/mol. The Morgan fingerprint density at radius 3 is 2.44 bits per heavy atom. The van der Waals surface area contributed by atoms with Crippen molar-refractivity contribution in [2.45, 2.75) is 52.1 Å². The van der Waals surface area contributed by atoms with Gasteiger partial charge >= 0.3 is 0 Å². The summed E-state index contributed by atoms with van der Waals surface area (Å²) in [6.07, 6.45) is 2.56. The van der Waals surface area contributed by atoms with Crippen molar-refractivity contribution in [3.8, 4) is 0 Å². The van der Waals surface area contributed by atoms with Gasteiger partial charge in [0.2, 0.25) is 10.0 Å². The van der Waals surface area contributed by atoms with Crippen molar-refractivity contribution < 1.29 is 8.42 Å². The van der Waals surface area contributed by atoms with E-state index in [4.69, 9.17) is 0 Å². The van der Waals surface area contributed by atoms with Crippen molar-refractivity contribution in [2.24, 2.45) is 0 Å². The highest BCUT2D eigenvalue weighted by Gasteiger charge is 2.33. The molecule has 4 nitrogen and oxygen atoms in total. The van der Waals surface area contributed by atoms with E-state index in [2.05, 4.69) is 12.2 Å². The van der Waals surface area contributed by atoms with Crippen molar-refractivity contribution in [1.29, 1.82) is 0 Å². The zero-order chi connectivity index (χ0) is 12.2. The molecule has 1 N–H and O–H groups in total. The van der Waals surface area contributed by atoms with Gasteiger partial charge in [0, 0.05) is 25.2 Å². The molecular weight excluding hydrogens is 224 g/mol. The number of nitrogens with zero attached hydrogens (tertiary/aromatic N) is 1. The molecule has 2 unspecified atom stereocenters. The zero-order valence-electron chi connectivity index (χ0n) is 10.6. The van der Waals surface area contributed by atoms with Crippen LogP contribution in [0.4, 0.5) is 0 Å². The molecule has 0 radical (unpaired) electrons. The van der Waals surface area contributed by atoms with Crippen LogP contribution in [-0.2, 0) is 10.0 Å². The van der Waals surface area contributed by atoms with Gasteiger partial charge < -0.3 is 5.32 Å². The van der Waals surface area contributed by atoms with Gasteiger partial charge in [0.05, 0.1) is 5.75 Å². The number of hydrogen-bond acceptors (Lipinski definition) is 3. The van der Waals surface area contributed by atoms with Crippen LogP contribution < -0.4 is 5.32 Å². The molecule has 0 bridgehead atoms. The van der Waals surface area contributed by atoms with Crippen LogP contribution in [0.1, 0.15) is 40.0 Å². The van der Waals surface area contributed by atoms with Gasteiger partial charge in [-0.15, -0.1) is 0 Å². The molecular formula is C11H24N2O2S. The third-order valence-electron chi connectivity index (χ3n) is 3.23. The van der Waals surface area contributed by atoms with Crippen LogP contribution in [0.2, 0.25) is 0 Å². The lowest BCUT2D eigenvalue weighted by molar-refractivity contribution is 0.215. The Hall–Kier alpha value is -0.130. The summed E-state index contributed by atoms with van der Waals surface area (Å²) < 4.78 is 26.0. The largest absolute Gasteiger partial charge is 0.311 e. The predicted molar refractivity (Wildman–Crippen MR) is 66.9 cm³/mol. The lowest BCUT2D eigenvalue weighted by Gasteiger charge is -2.38. The summed E-state index contributed by atoms with van der Waals surface area (Å²) >= 11 is 0. The number of rotatable bonds is 5. The predicted octanol–water partition coefficient (Wildman–Crippen LogP) is 1.19. The van der Waals surface area contributed by atoms with Crippen molar-refractivity contribution in [1.82, 2.24) is 9.62 Å². The molecule has 16 heavy (non-hydrogen) atoms. The lowest BCUT2D eigenvalue weighted by Crippen LogP contribution is -2.58. The Labute approximate surface area is 99.5 Å². The van der Waals surface area contributed by atoms with E-state index in [0.29, 0.717) is 19.0 Å². The van der Waals surface area contributed by atoms with Crippen LogP contribution in [-0.4, -0.2) is 43.6 Å². The normalized spacial score (nSPS) is 28.2. The molecule has 1 rings (SSSR count). The molecule has 0 aliphatic carbocycles. The molecule has 0 aromatic rings. The van der Waals surface area contributed by atoms with Crippen molar-refractivity contribution in [2.75, 3.05) is 18.8 Å². The Kier molecular flexibility index (Phi) is 5.21. The third kappa shape index (κ3) is 3.18. The van der Waals surface area contributed by atoms with Gasteiger partial charge in [0.15, 0.2) is 0 Å². The van der Waals surface area contributed by atoms with Gasteiger partial charge in [-0.2, -0.15) is 4.31 Å². The number of nitrogens with one attached hydrogen (secondary N) is 1. The molecule has 1 aliphatic heterocycles. The van der Waals surface area contributed by atoms with Gasteiger partial charge in [0.25, 0.3) is 0 Å². The first-order chi connectivity index (χ1) is 7.55. The Morgan fingerprint density at radius 1 is 1.25 bits per heavy atom. The SMILES string of the molecule is CCCS(=O)(=O)N1CC(CC)NCC1CC. The highest BCUT2D eigenvalue weighted by molar-refractivity contribution is 7.89. The van der Waals surface area contributed by atoms with Gasteiger partial charge in [0.1, 0.15) is 0 Å². The fraction of sp³-hybridized carbons (Fsp3) is 1.00.